The summed E-state index contributed by atoms with van der Waals surface area (Å²) in [5.41, 5.74) is 2.24. The van der Waals surface area contributed by atoms with Crippen LogP contribution in [0.15, 0.2) is 23.3 Å². The van der Waals surface area contributed by atoms with E-state index < -0.39 is 0 Å². The lowest BCUT2D eigenvalue weighted by Gasteiger charge is -2.03. The third-order valence-electron chi connectivity index (χ3n) is 2.48. The van der Waals surface area contributed by atoms with Crippen molar-refractivity contribution in [1.82, 2.24) is 0 Å². The second-order valence-corrected chi connectivity index (χ2v) is 5.14. The molecule has 0 N–H and O–H groups in total. The third kappa shape index (κ3) is 12.9. The van der Waals surface area contributed by atoms with E-state index in [1.54, 1.807) is 0 Å². The van der Waals surface area contributed by atoms with Gasteiger partial charge in [0.1, 0.15) is 13.2 Å². The molecule has 0 aromatic rings. The van der Waals surface area contributed by atoms with Crippen LogP contribution in [0.5, 0.6) is 0 Å². The number of hydrogen-bond acceptors (Lipinski definition) is 4. The van der Waals surface area contributed by atoms with Crippen LogP contribution < -0.4 is 0 Å². The molecule has 0 fully saturated rings. The summed E-state index contributed by atoms with van der Waals surface area (Å²) in [5, 5.41) is 0. The highest BCUT2D eigenvalue weighted by Gasteiger charge is 2.05. The molecule has 0 saturated heterocycles. The lowest BCUT2D eigenvalue weighted by molar-refractivity contribution is -0.144. The summed E-state index contributed by atoms with van der Waals surface area (Å²) in [6.07, 6.45) is 5.70. The lowest BCUT2D eigenvalue weighted by atomic mass is 10.2. The molecule has 0 aliphatic heterocycles. The monoisotopic (exact) mass is 282 g/mol. The van der Waals surface area contributed by atoms with Gasteiger partial charge in [-0.2, -0.15) is 0 Å². The molecule has 0 rings (SSSR count). The van der Waals surface area contributed by atoms with Crippen molar-refractivity contribution in [2.75, 3.05) is 13.2 Å². The zero-order valence-electron chi connectivity index (χ0n) is 13.0. The fraction of sp³-hybridized carbons (Fsp3) is 0.625. The van der Waals surface area contributed by atoms with E-state index in [0.717, 1.165) is 11.1 Å². The van der Waals surface area contributed by atoms with Crippen LogP contribution in [0.25, 0.3) is 0 Å². The van der Waals surface area contributed by atoms with Crippen LogP contribution in [-0.2, 0) is 19.1 Å². The summed E-state index contributed by atoms with van der Waals surface area (Å²) < 4.78 is 10.0. The van der Waals surface area contributed by atoms with E-state index in [2.05, 4.69) is 0 Å². The van der Waals surface area contributed by atoms with Gasteiger partial charge in [0.25, 0.3) is 0 Å². The van der Waals surface area contributed by atoms with Gasteiger partial charge < -0.3 is 9.47 Å². The Labute approximate surface area is 121 Å². The maximum Gasteiger partial charge on any atom is 0.306 e. The average Bonchev–Trinajstić information content (AvgIpc) is 2.33. The molecule has 0 bridgehead atoms. The molecule has 20 heavy (non-hydrogen) atoms. The average molecular weight is 282 g/mol. The van der Waals surface area contributed by atoms with Gasteiger partial charge in [-0.3, -0.25) is 9.59 Å². The zero-order valence-corrected chi connectivity index (χ0v) is 13.0. The van der Waals surface area contributed by atoms with E-state index in [1.807, 2.05) is 39.8 Å². The summed E-state index contributed by atoms with van der Waals surface area (Å²) in [4.78, 5) is 22.7. The van der Waals surface area contributed by atoms with Crippen molar-refractivity contribution < 1.29 is 19.1 Å². The Hall–Kier alpha value is -1.58. The molecule has 114 valence electrons. The van der Waals surface area contributed by atoms with Crippen molar-refractivity contribution in [3.05, 3.63) is 23.3 Å². The van der Waals surface area contributed by atoms with Crippen LogP contribution in [0.2, 0.25) is 0 Å². The van der Waals surface area contributed by atoms with Crippen LogP contribution in [-0.4, -0.2) is 25.2 Å². The maximum absolute atomic E-state index is 11.3. The van der Waals surface area contributed by atoms with Crippen LogP contribution >= 0.6 is 0 Å². The summed E-state index contributed by atoms with van der Waals surface area (Å²) >= 11 is 0. The number of ether oxygens (including phenoxy) is 2. The molecular formula is C16H26O4. The van der Waals surface area contributed by atoms with Crippen molar-refractivity contribution in [2.24, 2.45) is 0 Å². The summed E-state index contributed by atoms with van der Waals surface area (Å²) in [7, 11) is 0. The topological polar surface area (TPSA) is 52.6 Å². The molecule has 0 unspecified atom stereocenters. The van der Waals surface area contributed by atoms with Crippen molar-refractivity contribution in [3.8, 4) is 0 Å². The Kier molecular flexibility index (Phi) is 10.4. The van der Waals surface area contributed by atoms with E-state index in [9.17, 15) is 9.59 Å². The number of hydrogen-bond donors (Lipinski definition) is 0. The maximum atomic E-state index is 11.3. The number of allylic oxidation sites excluding steroid dienone is 2. The highest BCUT2D eigenvalue weighted by atomic mass is 16.5. The van der Waals surface area contributed by atoms with Crippen LogP contribution in [0.4, 0.5) is 0 Å². The molecule has 0 amide bonds. The highest BCUT2D eigenvalue weighted by molar-refractivity contribution is 5.70. The Balaban J connectivity index is 3.55. The Morgan fingerprint density at radius 3 is 1.40 bits per heavy atom. The van der Waals surface area contributed by atoms with E-state index in [0.29, 0.717) is 38.9 Å². The molecule has 0 aromatic heterocycles. The molecule has 4 nitrogen and oxygen atoms in total. The predicted octanol–water partition coefficient (Wildman–Crippen LogP) is 3.57. The first kappa shape index (κ1) is 18.4. The second-order valence-electron chi connectivity index (χ2n) is 5.14. The highest BCUT2D eigenvalue weighted by Crippen LogP contribution is 2.03. The van der Waals surface area contributed by atoms with E-state index in [1.165, 1.54) is 0 Å². The van der Waals surface area contributed by atoms with Crippen molar-refractivity contribution in [2.45, 2.75) is 53.4 Å². The SMILES string of the molecule is CC(C)=CCOC(=O)CCCCC(=O)OCC=C(C)C. The molecule has 0 heterocycles. The first-order chi connectivity index (χ1) is 9.41. The van der Waals surface area contributed by atoms with E-state index in [4.69, 9.17) is 9.47 Å². The fourth-order valence-corrected chi connectivity index (χ4v) is 1.29. The fourth-order valence-electron chi connectivity index (χ4n) is 1.29. The largest absolute Gasteiger partial charge is 0.461 e. The lowest BCUT2D eigenvalue weighted by Crippen LogP contribution is -2.07. The number of unbranched alkanes of at least 4 members (excludes halogenated alkanes) is 1. The van der Waals surface area contributed by atoms with Gasteiger partial charge in [-0.25, -0.2) is 0 Å². The molecule has 0 radical (unpaired) electrons. The van der Waals surface area contributed by atoms with Crippen LogP contribution in [0.1, 0.15) is 53.4 Å². The standard InChI is InChI=1S/C16H26O4/c1-13(2)9-11-19-15(17)7-5-6-8-16(18)20-12-10-14(3)4/h9-10H,5-8,11-12H2,1-4H3. The number of carbonyl (C=O) groups is 2. The van der Waals surface area contributed by atoms with Gasteiger partial charge in [0.15, 0.2) is 0 Å². The van der Waals surface area contributed by atoms with Gasteiger partial charge >= 0.3 is 11.9 Å². The quantitative estimate of drug-likeness (QED) is 0.368. The molecule has 4 heteroatoms. The minimum Gasteiger partial charge on any atom is -0.461 e. The Morgan fingerprint density at radius 1 is 0.750 bits per heavy atom. The summed E-state index contributed by atoms with van der Waals surface area (Å²) in [6.45, 7) is 8.46. The Bertz CT molecular complexity index is 323. The number of carbonyl (C=O) groups excluding carboxylic acids is 2. The van der Waals surface area contributed by atoms with Gasteiger partial charge in [-0.15, -0.1) is 0 Å². The zero-order chi connectivity index (χ0) is 15.4. The number of rotatable bonds is 9. The van der Waals surface area contributed by atoms with Crippen molar-refractivity contribution in [3.63, 3.8) is 0 Å². The molecular weight excluding hydrogens is 256 g/mol. The normalized spacial score (nSPS) is 9.60. The van der Waals surface area contributed by atoms with Gasteiger partial charge in [0.2, 0.25) is 0 Å². The van der Waals surface area contributed by atoms with Gasteiger partial charge in [0, 0.05) is 12.8 Å². The van der Waals surface area contributed by atoms with Crippen LogP contribution in [0.3, 0.4) is 0 Å². The minimum atomic E-state index is -0.222. The predicted molar refractivity (Wildman–Crippen MR) is 79.2 cm³/mol. The summed E-state index contributed by atoms with van der Waals surface area (Å²) in [5.74, 6) is -0.444. The molecule has 0 saturated carbocycles. The van der Waals surface area contributed by atoms with Crippen LogP contribution in [0, 0.1) is 0 Å². The first-order valence-electron chi connectivity index (χ1n) is 6.99. The molecule has 0 spiro atoms. The molecule has 0 aliphatic rings. The second kappa shape index (κ2) is 11.3. The molecule has 0 aliphatic carbocycles. The van der Waals surface area contributed by atoms with Crippen molar-refractivity contribution in [1.29, 1.82) is 0 Å². The van der Waals surface area contributed by atoms with Gasteiger partial charge in [-0.1, -0.05) is 11.1 Å². The van der Waals surface area contributed by atoms with E-state index in [-0.39, 0.29) is 11.9 Å². The summed E-state index contributed by atoms with van der Waals surface area (Å²) in [6, 6.07) is 0. The van der Waals surface area contributed by atoms with Gasteiger partial charge in [0.05, 0.1) is 0 Å². The third-order valence-corrected chi connectivity index (χ3v) is 2.48. The smallest absolute Gasteiger partial charge is 0.306 e. The number of esters is 2. The van der Waals surface area contributed by atoms with E-state index >= 15 is 0 Å². The minimum absolute atomic E-state index is 0.222. The molecule has 0 atom stereocenters. The Morgan fingerprint density at radius 2 is 1.10 bits per heavy atom. The molecule has 0 aromatic carbocycles. The first-order valence-corrected chi connectivity index (χ1v) is 6.99. The van der Waals surface area contributed by atoms with Gasteiger partial charge in [-0.05, 0) is 52.7 Å². The van der Waals surface area contributed by atoms with Crippen molar-refractivity contribution >= 4 is 11.9 Å².